The number of nitrogens with zero attached hydrogens (tertiary/aromatic N) is 4. The van der Waals surface area contributed by atoms with E-state index in [1.165, 1.54) is 6.08 Å². The first-order valence-corrected chi connectivity index (χ1v) is 12.8. The van der Waals surface area contributed by atoms with E-state index >= 15 is 0 Å². The Morgan fingerprint density at radius 2 is 1.92 bits per heavy atom. The van der Waals surface area contributed by atoms with Crippen LogP contribution in [0, 0.1) is 24.2 Å². The number of nitrogens with one attached hydrogen (secondary N) is 1. The molecule has 194 valence electrons. The minimum Gasteiger partial charge on any atom is -0.381 e. The largest absolute Gasteiger partial charge is 0.416 e. The number of fused-ring (bicyclic) bond motifs is 1. The zero-order chi connectivity index (χ0) is 25.7. The van der Waals surface area contributed by atoms with Crippen molar-refractivity contribution in [3.8, 4) is 0 Å². The second kappa shape index (κ2) is 9.32. The molecule has 1 spiro atoms. The van der Waals surface area contributed by atoms with Crippen LogP contribution in [0.5, 0.6) is 0 Å². The number of piperidine rings is 1. The maximum absolute atomic E-state index is 13.6. The van der Waals surface area contributed by atoms with Gasteiger partial charge in [-0.25, -0.2) is 0 Å². The molecular weight excluding hydrogens is 467 g/mol. The summed E-state index contributed by atoms with van der Waals surface area (Å²) in [7, 11) is 0. The lowest BCUT2D eigenvalue weighted by atomic mass is 9.76. The second-order valence-electron chi connectivity index (χ2n) is 10.8. The van der Waals surface area contributed by atoms with E-state index in [-0.39, 0.29) is 17.9 Å². The van der Waals surface area contributed by atoms with Crippen LogP contribution in [0.2, 0.25) is 0 Å². The van der Waals surface area contributed by atoms with Crippen molar-refractivity contribution in [2.75, 3.05) is 36.5 Å². The smallest absolute Gasteiger partial charge is 0.381 e. The van der Waals surface area contributed by atoms with Gasteiger partial charge in [0, 0.05) is 37.0 Å². The molecule has 3 aliphatic rings. The number of ether oxygens (including phenoxy) is 1. The molecule has 2 aliphatic heterocycles. The number of aromatic nitrogens is 3. The molecule has 1 N–H and O–H groups in total. The molecule has 9 heteroatoms. The van der Waals surface area contributed by atoms with Crippen molar-refractivity contribution in [2.24, 2.45) is 17.3 Å². The molecule has 5 rings (SSSR count). The van der Waals surface area contributed by atoms with Crippen molar-refractivity contribution in [3.63, 3.8) is 0 Å². The summed E-state index contributed by atoms with van der Waals surface area (Å²) in [5, 5.41) is 12.9. The standard InChI is InChI=1S/C27H34F3N5O/c1-16-5-6-22(27(28,29)30)17(2)23(16)18(3)32-25-21-13-20(14-31-24(21)19(4)33-34-25)35-10-7-26(8-11-35)9-12-36-15-26/h5-6,13-14,16,18,23H,7-12,15H2,1-4H3,(H,32,34)/t16?,18-,23?/m1/s1. The maximum Gasteiger partial charge on any atom is 0.416 e. The molecule has 0 aromatic carbocycles. The number of anilines is 2. The van der Waals surface area contributed by atoms with Gasteiger partial charge in [-0.3, -0.25) is 4.98 Å². The van der Waals surface area contributed by atoms with Crippen molar-refractivity contribution in [1.29, 1.82) is 0 Å². The summed E-state index contributed by atoms with van der Waals surface area (Å²) in [6.07, 6.45) is 3.71. The Morgan fingerprint density at radius 3 is 2.58 bits per heavy atom. The fourth-order valence-electron chi connectivity index (χ4n) is 6.24. The van der Waals surface area contributed by atoms with E-state index in [2.05, 4.69) is 26.5 Å². The number of allylic oxidation sites excluding steroid dienone is 3. The average molecular weight is 502 g/mol. The van der Waals surface area contributed by atoms with Crippen LogP contribution >= 0.6 is 0 Å². The van der Waals surface area contributed by atoms with Gasteiger partial charge in [-0.15, -0.1) is 5.10 Å². The van der Waals surface area contributed by atoms with E-state index in [9.17, 15) is 13.2 Å². The molecular formula is C27H34F3N5O. The lowest BCUT2D eigenvalue weighted by Crippen LogP contribution is -2.40. The van der Waals surface area contributed by atoms with Crippen molar-refractivity contribution < 1.29 is 17.9 Å². The van der Waals surface area contributed by atoms with Crippen LogP contribution in [0.15, 0.2) is 35.6 Å². The number of hydrogen-bond acceptors (Lipinski definition) is 6. The topological polar surface area (TPSA) is 63.2 Å². The Morgan fingerprint density at radius 1 is 1.17 bits per heavy atom. The maximum atomic E-state index is 13.6. The molecule has 4 heterocycles. The number of aryl methyl sites for hydroxylation is 1. The van der Waals surface area contributed by atoms with Gasteiger partial charge in [-0.05, 0) is 57.4 Å². The number of hydrogen-bond donors (Lipinski definition) is 1. The van der Waals surface area contributed by atoms with Gasteiger partial charge in [0.1, 0.15) is 0 Å². The van der Waals surface area contributed by atoms with E-state index in [4.69, 9.17) is 9.72 Å². The molecule has 1 aliphatic carbocycles. The van der Waals surface area contributed by atoms with Gasteiger partial charge in [0.25, 0.3) is 0 Å². The summed E-state index contributed by atoms with van der Waals surface area (Å²) in [5.74, 6) is 0.184. The van der Waals surface area contributed by atoms with E-state index in [1.807, 2.05) is 27.0 Å². The van der Waals surface area contributed by atoms with Gasteiger partial charge >= 0.3 is 6.18 Å². The van der Waals surface area contributed by atoms with Crippen LogP contribution in [0.1, 0.15) is 45.7 Å². The first-order chi connectivity index (χ1) is 17.1. The van der Waals surface area contributed by atoms with E-state index in [0.717, 1.165) is 67.8 Å². The number of rotatable bonds is 4. The van der Waals surface area contributed by atoms with Crippen LogP contribution in [-0.4, -0.2) is 53.7 Å². The lowest BCUT2D eigenvalue weighted by Gasteiger charge is -2.39. The molecule has 2 fully saturated rings. The summed E-state index contributed by atoms with van der Waals surface area (Å²) >= 11 is 0. The molecule has 2 unspecified atom stereocenters. The van der Waals surface area contributed by atoms with E-state index in [0.29, 0.717) is 16.8 Å². The molecule has 0 bridgehead atoms. The fourth-order valence-corrected chi connectivity index (χ4v) is 6.24. The molecule has 2 saturated heterocycles. The minimum atomic E-state index is -4.37. The van der Waals surface area contributed by atoms with Crippen molar-refractivity contribution in [1.82, 2.24) is 15.2 Å². The zero-order valence-electron chi connectivity index (χ0n) is 21.3. The van der Waals surface area contributed by atoms with Crippen LogP contribution in [-0.2, 0) is 4.74 Å². The van der Waals surface area contributed by atoms with Gasteiger partial charge in [0.15, 0.2) is 5.82 Å². The van der Waals surface area contributed by atoms with Crippen LogP contribution in [0.3, 0.4) is 0 Å². The third-order valence-corrected chi connectivity index (χ3v) is 8.41. The van der Waals surface area contributed by atoms with Crippen molar-refractivity contribution >= 4 is 22.4 Å². The molecule has 0 amide bonds. The normalized spacial score (nSPS) is 25.1. The molecule has 6 nitrogen and oxygen atoms in total. The summed E-state index contributed by atoms with van der Waals surface area (Å²) in [6.45, 7) is 10.9. The third-order valence-electron chi connectivity index (χ3n) is 8.41. The third kappa shape index (κ3) is 4.58. The van der Waals surface area contributed by atoms with Gasteiger partial charge in [-0.1, -0.05) is 24.6 Å². The minimum absolute atomic E-state index is 0.0443. The molecule has 0 radical (unpaired) electrons. The summed E-state index contributed by atoms with van der Waals surface area (Å²) < 4.78 is 46.4. The van der Waals surface area contributed by atoms with Crippen LogP contribution in [0.4, 0.5) is 24.7 Å². The highest BCUT2D eigenvalue weighted by Crippen LogP contribution is 2.42. The number of pyridine rings is 1. The van der Waals surface area contributed by atoms with E-state index < -0.39 is 11.7 Å². The van der Waals surface area contributed by atoms with Gasteiger partial charge < -0.3 is 15.0 Å². The fraction of sp³-hybridized carbons (Fsp3) is 0.593. The number of alkyl halides is 3. The molecule has 2 aromatic rings. The van der Waals surface area contributed by atoms with Crippen LogP contribution in [0.25, 0.3) is 10.9 Å². The Labute approximate surface area is 210 Å². The second-order valence-corrected chi connectivity index (χ2v) is 10.8. The quantitative estimate of drug-likeness (QED) is 0.568. The zero-order valence-corrected chi connectivity index (χ0v) is 21.3. The summed E-state index contributed by atoms with van der Waals surface area (Å²) in [6, 6.07) is 1.80. The van der Waals surface area contributed by atoms with E-state index in [1.54, 1.807) is 13.0 Å². The Bertz CT molecular complexity index is 1190. The first kappa shape index (κ1) is 25.0. The van der Waals surface area contributed by atoms with Crippen LogP contribution < -0.4 is 10.2 Å². The first-order valence-electron chi connectivity index (χ1n) is 12.8. The predicted octanol–water partition coefficient (Wildman–Crippen LogP) is 5.84. The summed E-state index contributed by atoms with van der Waals surface area (Å²) in [5.41, 5.74) is 2.61. The van der Waals surface area contributed by atoms with Gasteiger partial charge in [0.05, 0.1) is 35.3 Å². The highest BCUT2D eigenvalue weighted by Gasteiger charge is 2.40. The lowest BCUT2D eigenvalue weighted by molar-refractivity contribution is -0.0899. The Kier molecular flexibility index (Phi) is 6.47. The number of halogens is 3. The molecule has 3 atom stereocenters. The SMILES string of the molecule is CC1=C(C(F)(F)F)C=CC(C)C1[C@@H](C)Nc1nnc(C)c2ncc(N3CCC4(CCOC4)CC3)cc12. The van der Waals surface area contributed by atoms with Crippen molar-refractivity contribution in [3.05, 3.63) is 41.3 Å². The van der Waals surface area contributed by atoms with Gasteiger partial charge in [0.2, 0.25) is 0 Å². The Balaban J connectivity index is 1.42. The monoisotopic (exact) mass is 501 g/mol. The molecule has 36 heavy (non-hydrogen) atoms. The predicted molar refractivity (Wildman–Crippen MR) is 135 cm³/mol. The highest BCUT2D eigenvalue weighted by molar-refractivity contribution is 5.92. The summed E-state index contributed by atoms with van der Waals surface area (Å²) in [4.78, 5) is 7.08. The average Bonchev–Trinajstić information content (AvgIpc) is 3.28. The molecule has 2 aromatic heterocycles. The Hall–Kier alpha value is -2.68. The van der Waals surface area contributed by atoms with Gasteiger partial charge in [-0.2, -0.15) is 18.3 Å². The van der Waals surface area contributed by atoms with Crippen molar-refractivity contribution in [2.45, 2.75) is 59.2 Å². The molecule has 0 saturated carbocycles. The highest BCUT2D eigenvalue weighted by atomic mass is 19.4.